The van der Waals surface area contributed by atoms with Crippen LogP contribution in [0.5, 0.6) is 0 Å². The molecule has 4 rings (SSSR count). The first-order valence-corrected chi connectivity index (χ1v) is 8.27. The van der Waals surface area contributed by atoms with Gasteiger partial charge in [0, 0.05) is 10.3 Å². The van der Waals surface area contributed by atoms with E-state index in [1.807, 2.05) is 30.3 Å². The first kappa shape index (κ1) is 13.4. The van der Waals surface area contributed by atoms with E-state index in [4.69, 9.17) is 0 Å². The third-order valence-electron chi connectivity index (χ3n) is 3.90. The van der Waals surface area contributed by atoms with Gasteiger partial charge in [0.15, 0.2) is 5.13 Å². The lowest BCUT2D eigenvalue weighted by molar-refractivity contribution is 0.102. The monoisotopic (exact) mass is 309 g/mol. The Bertz CT molecular complexity index is 832. The number of thiazole rings is 1. The number of pyridine rings is 1. The Hall–Kier alpha value is -2.27. The van der Waals surface area contributed by atoms with Gasteiger partial charge >= 0.3 is 0 Å². The van der Waals surface area contributed by atoms with Crippen LogP contribution in [0.25, 0.3) is 10.9 Å². The predicted octanol–water partition coefficient (Wildman–Crippen LogP) is 3.82. The maximum atomic E-state index is 12.4. The molecule has 5 heteroatoms. The van der Waals surface area contributed by atoms with E-state index in [0.29, 0.717) is 10.8 Å². The van der Waals surface area contributed by atoms with E-state index < -0.39 is 0 Å². The SMILES string of the molecule is O=C(Nc1nc2c(s1)CCCC2)c1ccc2ccccc2n1. The number of carbonyl (C=O) groups is 1. The second-order valence-electron chi connectivity index (χ2n) is 5.44. The summed E-state index contributed by atoms with van der Waals surface area (Å²) in [5.74, 6) is -0.197. The molecule has 22 heavy (non-hydrogen) atoms. The topological polar surface area (TPSA) is 54.9 Å². The highest BCUT2D eigenvalue weighted by molar-refractivity contribution is 7.15. The molecule has 0 aliphatic heterocycles. The number of amides is 1. The molecule has 0 unspecified atom stereocenters. The number of aryl methyl sites for hydroxylation is 2. The van der Waals surface area contributed by atoms with Gasteiger partial charge in [-0.1, -0.05) is 24.3 Å². The second kappa shape index (κ2) is 5.50. The molecular formula is C17H15N3OS. The summed E-state index contributed by atoms with van der Waals surface area (Å²) in [6, 6.07) is 11.5. The summed E-state index contributed by atoms with van der Waals surface area (Å²) in [4.78, 5) is 22.6. The summed E-state index contributed by atoms with van der Waals surface area (Å²) in [5, 5.41) is 4.60. The number of carbonyl (C=O) groups excluding carboxylic acids is 1. The fourth-order valence-corrected chi connectivity index (χ4v) is 3.80. The van der Waals surface area contributed by atoms with Crippen molar-refractivity contribution in [2.24, 2.45) is 0 Å². The molecule has 0 saturated carbocycles. The zero-order valence-corrected chi connectivity index (χ0v) is 12.8. The van der Waals surface area contributed by atoms with Crippen LogP contribution in [0.2, 0.25) is 0 Å². The summed E-state index contributed by atoms with van der Waals surface area (Å²) >= 11 is 1.59. The number of hydrogen-bond acceptors (Lipinski definition) is 4. The first-order chi connectivity index (χ1) is 10.8. The van der Waals surface area contributed by atoms with E-state index in [2.05, 4.69) is 15.3 Å². The molecule has 0 spiro atoms. The molecule has 2 heterocycles. The molecule has 1 N–H and O–H groups in total. The molecule has 110 valence electrons. The molecule has 1 aliphatic carbocycles. The normalized spacial score (nSPS) is 13.8. The van der Waals surface area contributed by atoms with Crippen molar-refractivity contribution >= 4 is 33.3 Å². The van der Waals surface area contributed by atoms with Crippen molar-refractivity contribution in [1.82, 2.24) is 9.97 Å². The Morgan fingerprint density at radius 3 is 2.82 bits per heavy atom. The largest absolute Gasteiger partial charge is 0.296 e. The van der Waals surface area contributed by atoms with Gasteiger partial charge in [0.1, 0.15) is 5.69 Å². The van der Waals surface area contributed by atoms with Gasteiger partial charge in [0.05, 0.1) is 11.2 Å². The van der Waals surface area contributed by atoms with Gasteiger partial charge < -0.3 is 0 Å². The highest BCUT2D eigenvalue weighted by Gasteiger charge is 2.17. The van der Waals surface area contributed by atoms with E-state index in [-0.39, 0.29) is 5.91 Å². The third kappa shape index (κ3) is 2.48. The molecule has 0 atom stereocenters. The van der Waals surface area contributed by atoms with Crippen LogP contribution in [-0.4, -0.2) is 15.9 Å². The van der Waals surface area contributed by atoms with Crippen LogP contribution in [0, 0.1) is 0 Å². The number of aromatic nitrogens is 2. The summed E-state index contributed by atoms with van der Waals surface area (Å²) in [5.41, 5.74) is 2.40. The fraction of sp³-hybridized carbons (Fsp3) is 0.235. The van der Waals surface area contributed by atoms with Gasteiger partial charge in [-0.2, -0.15) is 0 Å². The van der Waals surface area contributed by atoms with Crippen LogP contribution < -0.4 is 5.32 Å². The fourth-order valence-electron chi connectivity index (χ4n) is 2.76. The molecule has 0 fully saturated rings. The molecule has 3 aromatic rings. The van der Waals surface area contributed by atoms with Crippen molar-refractivity contribution in [1.29, 1.82) is 0 Å². The molecule has 0 radical (unpaired) electrons. The Labute approximate surface area is 132 Å². The third-order valence-corrected chi connectivity index (χ3v) is 4.97. The number of nitrogens with zero attached hydrogens (tertiary/aromatic N) is 2. The smallest absolute Gasteiger partial charge is 0.276 e. The lowest BCUT2D eigenvalue weighted by atomic mass is 10.0. The minimum absolute atomic E-state index is 0.197. The van der Waals surface area contributed by atoms with Gasteiger partial charge in [0.25, 0.3) is 5.91 Å². The minimum atomic E-state index is -0.197. The van der Waals surface area contributed by atoms with Crippen LogP contribution >= 0.6 is 11.3 Å². The first-order valence-electron chi connectivity index (χ1n) is 7.45. The highest BCUT2D eigenvalue weighted by Crippen LogP contribution is 2.29. The van der Waals surface area contributed by atoms with Crippen molar-refractivity contribution in [3.8, 4) is 0 Å². The van der Waals surface area contributed by atoms with Gasteiger partial charge in [0.2, 0.25) is 0 Å². The van der Waals surface area contributed by atoms with Crippen LogP contribution in [-0.2, 0) is 12.8 Å². The van der Waals surface area contributed by atoms with Gasteiger partial charge in [-0.05, 0) is 37.8 Å². The van der Waals surface area contributed by atoms with Crippen molar-refractivity contribution < 1.29 is 4.79 Å². The number of nitrogens with one attached hydrogen (secondary N) is 1. The molecule has 4 nitrogen and oxygen atoms in total. The van der Waals surface area contributed by atoms with Crippen molar-refractivity contribution in [2.45, 2.75) is 25.7 Å². The van der Waals surface area contributed by atoms with Gasteiger partial charge in [-0.3, -0.25) is 10.1 Å². The van der Waals surface area contributed by atoms with E-state index in [0.717, 1.165) is 29.4 Å². The predicted molar refractivity (Wildman–Crippen MR) is 88.5 cm³/mol. The van der Waals surface area contributed by atoms with Crippen LogP contribution in [0.4, 0.5) is 5.13 Å². The summed E-state index contributed by atoms with van der Waals surface area (Å²) in [6.45, 7) is 0. The second-order valence-corrected chi connectivity index (χ2v) is 6.52. The van der Waals surface area contributed by atoms with E-state index >= 15 is 0 Å². The Morgan fingerprint density at radius 2 is 1.91 bits per heavy atom. The Balaban J connectivity index is 1.59. The summed E-state index contributed by atoms with van der Waals surface area (Å²) in [7, 11) is 0. The average Bonchev–Trinajstić information content (AvgIpc) is 2.96. The quantitative estimate of drug-likeness (QED) is 0.783. The van der Waals surface area contributed by atoms with Crippen LogP contribution in [0.1, 0.15) is 33.9 Å². The zero-order chi connectivity index (χ0) is 14.9. The molecule has 0 saturated heterocycles. The van der Waals surface area contributed by atoms with E-state index in [1.165, 1.54) is 17.7 Å². The zero-order valence-electron chi connectivity index (χ0n) is 12.0. The molecular weight excluding hydrogens is 294 g/mol. The Kier molecular flexibility index (Phi) is 3.35. The van der Waals surface area contributed by atoms with Crippen LogP contribution in [0.3, 0.4) is 0 Å². The lowest BCUT2D eigenvalue weighted by Crippen LogP contribution is -2.13. The maximum Gasteiger partial charge on any atom is 0.276 e. The lowest BCUT2D eigenvalue weighted by Gasteiger charge is -2.06. The number of hydrogen-bond donors (Lipinski definition) is 1. The average molecular weight is 309 g/mol. The maximum absolute atomic E-state index is 12.4. The molecule has 1 amide bonds. The minimum Gasteiger partial charge on any atom is -0.296 e. The van der Waals surface area contributed by atoms with Crippen molar-refractivity contribution in [3.05, 3.63) is 52.7 Å². The van der Waals surface area contributed by atoms with Gasteiger partial charge in [-0.25, -0.2) is 9.97 Å². The molecule has 0 bridgehead atoms. The van der Waals surface area contributed by atoms with Crippen molar-refractivity contribution in [3.63, 3.8) is 0 Å². The number of rotatable bonds is 2. The number of benzene rings is 1. The Morgan fingerprint density at radius 1 is 1.05 bits per heavy atom. The number of anilines is 1. The van der Waals surface area contributed by atoms with Crippen LogP contribution in [0.15, 0.2) is 36.4 Å². The highest BCUT2D eigenvalue weighted by atomic mass is 32.1. The number of para-hydroxylation sites is 1. The molecule has 1 aromatic carbocycles. The standard InChI is InChI=1S/C17H15N3OS/c21-16(14-10-9-11-5-1-2-6-12(11)18-14)20-17-19-13-7-3-4-8-15(13)22-17/h1-2,5-6,9-10H,3-4,7-8H2,(H,19,20,21). The summed E-state index contributed by atoms with van der Waals surface area (Å²) in [6.07, 6.45) is 4.51. The molecule has 1 aliphatic rings. The van der Waals surface area contributed by atoms with Gasteiger partial charge in [-0.15, -0.1) is 11.3 Å². The van der Waals surface area contributed by atoms with E-state index in [9.17, 15) is 4.79 Å². The van der Waals surface area contributed by atoms with E-state index in [1.54, 1.807) is 17.4 Å². The summed E-state index contributed by atoms with van der Waals surface area (Å²) < 4.78 is 0. The molecule has 2 aromatic heterocycles. The van der Waals surface area contributed by atoms with Crippen molar-refractivity contribution in [2.75, 3.05) is 5.32 Å². The number of fused-ring (bicyclic) bond motifs is 2.